The first-order valence-corrected chi connectivity index (χ1v) is 12.8. The average molecular weight is 549 g/mol. The van der Waals surface area contributed by atoms with Gasteiger partial charge in [0.15, 0.2) is 0 Å². The van der Waals surface area contributed by atoms with Gasteiger partial charge in [-0.1, -0.05) is 48.0 Å². The molecule has 1 aliphatic rings. The van der Waals surface area contributed by atoms with Gasteiger partial charge in [0.25, 0.3) is 5.56 Å². The van der Waals surface area contributed by atoms with E-state index in [4.69, 9.17) is 22.1 Å². The zero-order chi connectivity index (χ0) is 28.2. The number of carbonyl (C=O) groups is 2. The van der Waals surface area contributed by atoms with E-state index in [1.165, 1.54) is 23.1 Å². The molecular formula is C28H29ClN6O4. The summed E-state index contributed by atoms with van der Waals surface area (Å²) in [6.07, 6.45) is 8.86. The number of amides is 2. The highest BCUT2D eigenvalue weighted by molar-refractivity contribution is 6.34. The van der Waals surface area contributed by atoms with Crippen LogP contribution >= 0.6 is 11.6 Å². The largest absolute Gasteiger partial charge is 0.465 e. The van der Waals surface area contributed by atoms with Crippen LogP contribution in [0.5, 0.6) is 0 Å². The first-order valence-electron chi connectivity index (χ1n) is 12.4. The average Bonchev–Trinajstić information content (AvgIpc) is 2.92. The Hall–Kier alpha value is -4.44. The molecule has 1 aromatic carbocycles. The molecule has 3 aromatic rings. The Morgan fingerprint density at radius 2 is 1.95 bits per heavy atom. The molecule has 1 aliphatic carbocycles. The third-order valence-corrected chi connectivity index (χ3v) is 6.57. The SMILES string of the molecule is CCOC(=O)C1(C)C=CC=C(c2cccc(-c3cc(NC(=O)Nc4c(N)cncc4Cl)c(=O)n(CC)n3)c2)C1. The Balaban J connectivity index is 1.63. The predicted octanol–water partition coefficient (Wildman–Crippen LogP) is 5.12. The normalized spacial score (nSPS) is 16.4. The predicted molar refractivity (Wildman–Crippen MR) is 152 cm³/mol. The number of benzene rings is 1. The minimum absolute atomic E-state index is 0.0307. The number of halogens is 1. The van der Waals surface area contributed by atoms with E-state index >= 15 is 0 Å². The van der Waals surface area contributed by atoms with Crippen molar-refractivity contribution in [3.8, 4) is 11.3 Å². The number of allylic oxidation sites excluding steroid dienone is 3. The van der Waals surface area contributed by atoms with Gasteiger partial charge in [-0.25, -0.2) is 9.48 Å². The van der Waals surface area contributed by atoms with E-state index in [-0.39, 0.29) is 28.1 Å². The Bertz CT molecular complexity index is 1530. The van der Waals surface area contributed by atoms with Gasteiger partial charge in [0.1, 0.15) is 5.69 Å². The summed E-state index contributed by atoms with van der Waals surface area (Å²) in [5.41, 5.74) is 8.10. The molecule has 0 saturated carbocycles. The number of pyridine rings is 1. The molecule has 10 nitrogen and oxygen atoms in total. The minimum Gasteiger partial charge on any atom is -0.465 e. The molecule has 0 bridgehead atoms. The van der Waals surface area contributed by atoms with Crippen molar-refractivity contribution >= 4 is 46.2 Å². The number of nitrogens with zero attached hydrogens (tertiary/aromatic N) is 3. The Labute approximate surface area is 230 Å². The van der Waals surface area contributed by atoms with Crippen LogP contribution in [0, 0.1) is 5.41 Å². The molecule has 11 heteroatoms. The number of anilines is 3. The number of aromatic nitrogens is 3. The van der Waals surface area contributed by atoms with Crippen molar-refractivity contribution in [3.05, 3.63) is 81.9 Å². The number of ether oxygens (including phenoxy) is 1. The van der Waals surface area contributed by atoms with E-state index in [9.17, 15) is 14.4 Å². The third-order valence-electron chi connectivity index (χ3n) is 6.28. The molecule has 2 amide bonds. The van der Waals surface area contributed by atoms with E-state index in [1.54, 1.807) is 13.8 Å². The summed E-state index contributed by atoms with van der Waals surface area (Å²) in [4.78, 5) is 42.1. The highest BCUT2D eigenvalue weighted by atomic mass is 35.5. The van der Waals surface area contributed by atoms with Gasteiger partial charge in [0.2, 0.25) is 0 Å². The van der Waals surface area contributed by atoms with Gasteiger partial charge >= 0.3 is 12.0 Å². The van der Waals surface area contributed by atoms with Gasteiger partial charge in [0, 0.05) is 18.3 Å². The van der Waals surface area contributed by atoms with E-state index in [0.717, 1.165) is 16.7 Å². The summed E-state index contributed by atoms with van der Waals surface area (Å²) in [6.45, 7) is 6.03. The summed E-state index contributed by atoms with van der Waals surface area (Å²) in [6, 6.07) is 8.45. The summed E-state index contributed by atoms with van der Waals surface area (Å²) in [5, 5.41) is 9.79. The number of rotatable bonds is 7. The van der Waals surface area contributed by atoms with Crippen LogP contribution in [0.3, 0.4) is 0 Å². The number of urea groups is 1. The summed E-state index contributed by atoms with van der Waals surface area (Å²) in [5.74, 6) is -0.275. The van der Waals surface area contributed by atoms with Gasteiger partial charge in [-0.3, -0.25) is 14.6 Å². The lowest BCUT2D eigenvalue weighted by Crippen LogP contribution is -2.30. The molecule has 2 aromatic heterocycles. The molecule has 0 fully saturated rings. The van der Waals surface area contributed by atoms with Crippen LogP contribution in [-0.2, 0) is 16.1 Å². The monoisotopic (exact) mass is 548 g/mol. The fourth-order valence-electron chi connectivity index (χ4n) is 4.24. The first kappa shape index (κ1) is 27.6. The smallest absolute Gasteiger partial charge is 0.323 e. The summed E-state index contributed by atoms with van der Waals surface area (Å²) in [7, 11) is 0. The van der Waals surface area contributed by atoms with Crippen molar-refractivity contribution in [3.63, 3.8) is 0 Å². The zero-order valence-corrected chi connectivity index (χ0v) is 22.6. The Kier molecular flexibility index (Phi) is 8.15. The van der Waals surface area contributed by atoms with E-state index < -0.39 is 17.0 Å². The molecule has 1 atom stereocenters. The molecule has 0 spiro atoms. The quantitative estimate of drug-likeness (QED) is 0.348. The second-order valence-electron chi connectivity index (χ2n) is 9.18. The summed E-state index contributed by atoms with van der Waals surface area (Å²) < 4.78 is 6.55. The lowest BCUT2D eigenvalue weighted by atomic mass is 9.78. The van der Waals surface area contributed by atoms with E-state index in [2.05, 4.69) is 20.7 Å². The van der Waals surface area contributed by atoms with Crippen LogP contribution in [0.1, 0.15) is 32.8 Å². The number of carbonyl (C=O) groups excluding carboxylic acids is 2. The van der Waals surface area contributed by atoms with Gasteiger partial charge in [-0.15, -0.1) is 0 Å². The van der Waals surface area contributed by atoms with E-state index in [1.807, 2.05) is 49.4 Å². The zero-order valence-electron chi connectivity index (χ0n) is 21.8. The number of aryl methyl sites for hydroxylation is 1. The van der Waals surface area contributed by atoms with Gasteiger partial charge < -0.3 is 21.1 Å². The van der Waals surface area contributed by atoms with Crippen molar-refractivity contribution in [1.29, 1.82) is 0 Å². The van der Waals surface area contributed by atoms with Gasteiger partial charge in [-0.2, -0.15) is 5.10 Å². The molecule has 0 radical (unpaired) electrons. The molecule has 39 heavy (non-hydrogen) atoms. The van der Waals surface area contributed by atoms with Crippen LogP contribution in [0.2, 0.25) is 5.02 Å². The maximum atomic E-state index is 12.9. The van der Waals surface area contributed by atoms with Crippen LogP contribution in [0.25, 0.3) is 16.8 Å². The Morgan fingerprint density at radius 3 is 2.67 bits per heavy atom. The van der Waals surface area contributed by atoms with Crippen molar-refractivity contribution in [2.24, 2.45) is 5.41 Å². The standard InChI is InChI=1S/C28H29ClN6O4/c1-4-35-25(36)23(32-27(38)33-24-20(29)15-31-16-21(24)30)13-22(34-35)18-9-6-8-17(12-18)19-10-7-11-28(3,14-19)26(37)39-5-2/h6-13,15-16H,4-5,14,30H2,1-3H3,(H2,31,32,33,38). The Morgan fingerprint density at radius 1 is 1.18 bits per heavy atom. The van der Waals surface area contributed by atoms with Crippen molar-refractivity contribution in [1.82, 2.24) is 14.8 Å². The molecule has 2 heterocycles. The third kappa shape index (κ3) is 6.01. The highest BCUT2D eigenvalue weighted by Crippen LogP contribution is 2.38. The van der Waals surface area contributed by atoms with E-state index in [0.29, 0.717) is 25.3 Å². The first-order chi connectivity index (χ1) is 18.6. The molecule has 0 aliphatic heterocycles. The number of esters is 1. The fraction of sp³-hybridized carbons (Fsp3) is 0.250. The molecule has 0 saturated heterocycles. The number of hydrogen-bond acceptors (Lipinski definition) is 7. The van der Waals surface area contributed by atoms with Gasteiger partial charge in [0.05, 0.1) is 40.3 Å². The maximum Gasteiger partial charge on any atom is 0.323 e. The molecule has 4 N–H and O–H groups in total. The van der Waals surface area contributed by atoms with Crippen molar-refractivity contribution in [2.75, 3.05) is 23.0 Å². The lowest BCUT2D eigenvalue weighted by molar-refractivity contribution is -0.151. The number of hydrogen-bond donors (Lipinski definition) is 3. The number of nitrogens with one attached hydrogen (secondary N) is 2. The fourth-order valence-corrected chi connectivity index (χ4v) is 4.45. The minimum atomic E-state index is -0.769. The van der Waals surface area contributed by atoms with Crippen molar-refractivity contribution < 1.29 is 14.3 Å². The number of nitrogen functional groups attached to an aromatic ring is 1. The molecule has 4 rings (SSSR count). The topological polar surface area (TPSA) is 141 Å². The number of nitrogens with two attached hydrogens (primary N) is 1. The second kappa shape index (κ2) is 11.5. The highest BCUT2D eigenvalue weighted by Gasteiger charge is 2.34. The van der Waals surface area contributed by atoms with Gasteiger partial charge in [-0.05, 0) is 50.5 Å². The molecule has 1 unspecified atom stereocenters. The summed E-state index contributed by atoms with van der Waals surface area (Å²) >= 11 is 6.09. The lowest BCUT2D eigenvalue weighted by Gasteiger charge is -2.27. The van der Waals surface area contributed by atoms with Crippen molar-refractivity contribution in [2.45, 2.75) is 33.7 Å². The van der Waals surface area contributed by atoms with Crippen LogP contribution in [-0.4, -0.2) is 33.4 Å². The van der Waals surface area contributed by atoms with Crippen LogP contribution in [0.4, 0.5) is 21.9 Å². The maximum absolute atomic E-state index is 12.9. The molecular weight excluding hydrogens is 520 g/mol. The van der Waals surface area contributed by atoms with Crippen LogP contribution in [0.15, 0.2) is 65.7 Å². The van der Waals surface area contributed by atoms with Crippen LogP contribution < -0.4 is 21.9 Å². The second-order valence-corrected chi connectivity index (χ2v) is 9.58. The molecule has 202 valence electrons.